The van der Waals surface area contributed by atoms with Crippen molar-refractivity contribution in [2.75, 3.05) is 0 Å². The summed E-state index contributed by atoms with van der Waals surface area (Å²) >= 11 is 2.82. The molecule has 2 rings (SSSR count). The van der Waals surface area contributed by atoms with Crippen molar-refractivity contribution in [3.63, 3.8) is 0 Å². The molecule has 1 unspecified atom stereocenters. The molecule has 1 atom stereocenters. The topological polar surface area (TPSA) is 58.9 Å². The van der Waals surface area contributed by atoms with E-state index in [0.717, 1.165) is 15.6 Å². The standard InChI is InChI=1S/C11H15N3OS2/c1-11(2,3)9-6-16-10(13-9)4-7(15)8-5-12-14-17-8/h5-7,15H,4H2,1-3H3. The molecule has 17 heavy (non-hydrogen) atoms. The largest absolute Gasteiger partial charge is 0.387 e. The molecule has 2 heterocycles. The number of aromatic nitrogens is 3. The molecule has 0 bridgehead atoms. The average Bonchev–Trinajstić information content (AvgIpc) is 2.85. The first kappa shape index (κ1) is 12.6. The molecule has 4 nitrogen and oxygen atoms in total. The van der Waals surface area contributed by atoms with Gasteiger partial charge < -0.3 is 5.11 Å². The van der Waals surface area contributed by atoms with Crippen LogP contribution in [0.15, 0.2) is 11.6 Å². The molecule has 0 aliphatic carbocycles. The fourth-order valence-corrected chi connectivity index (χ4v) is 2.88. The van der Waals surface area contributed by atoms with Crippen molar-refractivity contribution in [2.24, 2.45) is 0 Å². The molecule has 0 amide bonds. The van der Waals surface area contributed by atoms with Gasteiger partial charge in [0.2, 0.25) is 0 Å². The Labute approximate surface area is 109 Å². The summed E-state index contributed by atoms with van der Waals surface area (Å²) < 4.78 is 3.74. The van der Waals surface area contributed by atoms with Crippen LogP contribution in [0.5, 0.6) is 0 Å². The summed E-state index contributed by atoms with van der Waals surface area (Å²) in [5, 5.41) is 16.7. The maximum atomic E-state index is 9.97. The summed E-state index contributed by atoms with van der Waals surface area (Å²) in [6.07, 6.45) is 1.59. The minimum atomic E-state index is -0.547. The fraction of sp³-hybridized carbons (Fsp3) is 0.545. The Morgan fingerprint density at radius 1 is 1.41 bits per heavy atom. The van der Waals surface area contributed by atoms with E-state index in [2.05, 4.69) is 40.7 Å². The molecule has 0 saturated heterocycles. The number of aliphatic hydroxyl groups excluding tert-OH is 1. The molecule has 1 N–H and O–H groups in total. The van der Waals surface area contributed by atoms with Gasteiger partial charge in [0.25, 0.3) is 0 Å². The third-order valence-electron chi connectivity index (χ3n) is 2.39. The smallest absolute Gasteiger partial charge is 0.0977 e. The predicted molar refractivity (Wildman–Crippen MR) is 69.4 cm³/mol. The normalized spacial score (nSPS) is 13.9. The van der Waals surface area contributed by atoms with Crippen molar-refractivity contribution in [3.8, 4) is 0 Å². The summed E-state index contributed by atoms with van der Waals surface area (Å²) in [5.41, 5.74) is 1.14. The SMILES string of the molecule is CC(C)(C)c1csc(CC(O)c2cnns2)n1. The average molecular weight is 269 g/mol. The second kappa shape index (κ2) is 4.80. The van der Waals surface area contributed by atoms with Crippen LogP contribution in [-0.2, 0) is 11.8 Å². The molecule has 6 heteroatoms. The van der Waals surface area contributed by atoms with Gasteiger partial charge in [0.05, 0.1) is 27.9 Å². The minimum Gasteiger partial charge on any atom is -0.387 e. The zero-order valence-corrected chi connectivity index (χ0v) is 11.7. The zero-order valence-electron chi connectivity index (χ0n) is 10.0. The van der Waals surface area contributed by atoms with Gasteiger partial charge in [-0.1, -0.05) is 25.3 Å². The zero-order chi connectivity index (χ0) is 12.5. The van der Waals surface area contributed by atoms with Gasteiger partial charge in [0.1, 0.15) is 0 Å². The summed E-state index contributed by atoms with van der Waals surface area (Å²) in [4.78, 5) is 5.34. The number of aliphatic hydroxyl groups is 1. The Morgan fingerprint density at radius 2 is 2.18 bits per heavy atom. The first-order valence-corrected chi connectivity index (χ1v) is 7.02. The van der Waals surface area contributed by atoms with Crippen LogP contribution in [0.1, 0.15) is 42.5 Å². The van der Waals surface area contributed by atoms with Gasteiger partial charge in [-0.2, -0.15) is 0 Å². The number of rotatable bonds is 3. The van der Waals surface area contributed by atoms with Crippen LogP contribution in [0.2, 0.25) is 0 Å². The molecule has 0 aliphatic heterocycles. The molecule has 0 aromatic carbocycles. The quantitative estimate of drug-likeness (QED) is 0.930. The number of hydrogen-bond donors (Lipinski definition) is 1. The molecule has 2 aromatic heterocycles. The third-order valence-corrected chi connectivity index (χ3v) is 4.03. The Bertz CT molecular complexity index is 473. The van der Waals surface area contributed by atoms with E-state index in [1.165, 1.54) is 11.5 Å². The first-order chi connectivity index (χ1) is 7.97. The van der Waals surface area contributed by atoms with Gasteiger partial charge in [0, 0.05) is 17.2 Å². The van der Waals surface area contributed by atoms with E-state index < -0.39 is 6.10 Å². The van der Waals surface area contributed by atoms with E-state index in [0.29, 0.717) is 6.42 Å². The Morgan fingerprint density at radius 3 is 2.71 bits per heavy atom. The number of thiazole rings is 1. The van der Waals surface area contributed by atoms with Gasteiger partial charge in [-0.15, -0.1) is 16.4 Å². The highest BCUT2D eigenvalue weighted by Gasteiger charge is 2.19. The lowest BCUT2D eigenvalue weighted by Crippen LogP contribution is -2.11. The molecule has 0 radical (unpaired) electrons. The van der Waals surface area contributed by atoms with Crippen molar-refractivity contribution >= 4 is 22.9 Å². The maximum absolute atomic E-state index is 9.97. The number of hydrogen-bond acceptors (Lipinski definition) is 6. The van der Waals surface area contributed by atoms with E-state index >= 15 is 0 Å². The molecule has 0 fully saturated rings. The molecular formula is C11H15N3OS2. The highest BCUT2D eigenvalue weighted by atomic mass is 32.1. The lowest BCUT2D eigenvalue weighted by molar-refractivity contribution is 0.182. The molecular weight excluding hydrogens is 254 g/mol. The molecule has 92 valence electrons. The van der Waals surface area contributed by atoms with E-state index in [9.17, 15) is 5.11 Å². The van der Waals surface area contributed by atoms with E-state index in [4.69, 9.17) is 0 Å². The van der Waals surface area contributed by atoms with E-state index in [1.807, 2.05) is 0 Å². The van der Waals surface area contributed by atoms with Gasteiger partial charge in [-0.25, -0.2) is 4.98 Å². The van der Waals surface area contributed by atoms with Crippen LogP contribution in [0.3, 0.4) is 0 Å². The lowest BCUT2D eigenvalue weighted by Gasteiger charge is -2.14. The second-order valence-corrected chi connectivity index (χ2v) is 6.68. The predicted octanol–water partition coefficient (Wildman–Crippen LogP) is 2.57. The fourth-order valence-electron chi connectivity index (χ4n) is 1.34. The highest BCUT2D eigenvalue weighted by molar-refractivity contribution is 7.09. The van der Waals surface area contributed by atoms with Crippen molar-refractivity contribution in [3.05, 3.63) is 27.2 Å². The van der Waals surface area contributed by atoms with Gasteiger partial charge >= 0.3 is 0 Å². The molecule has 0 spiro atoms. The van der Waals surface area contributed by atoms with Gasteiger partial charge in [-0.05, 0) is 11.5 Å². The monoisotopic (exact) mass is 269 g/mol. The van der Waals surface area contributed by atoms with E-state index in [-0.39, 0.29) is 5.41 Å². The second-order valence-electron chi connectivity index (χ2n) is 4.92. The summed E-state index contributed by atoms with van der Waals surface area (Å²) in [7, 11) is 0. The summed E-state index contributed by atoms with van der Waals surface area (Å²) in [6.45, 7) is 6.40. The van der Waals surface area contributed by atoms with Gasteiger partial charge in [0.15, 0.2) is 0 Å². The van der Waals surface area contributed by atoms with Crippen molar-refractivity contribution in [2.45, 2.75) is 38.7 Å². The third kappa shape index (κ3) is 3.08. The van der Waals surface area contributed by atoms with Crippen molar-refractivity contribution in [1.29, 1.82) is 0 Å². The first-order valence-electron chi connectivity index (χ1n) is 5.37. The van der Waals surface area contributed by atoms with Gasteiger partial charge in [-0.3, -0.25) is 0 Å². The summed E-state index contributed by atoms with van der Waals surface area (Å²) in [5.74, 6) is 0. The number of nitrogens with zero attached hydrogens (tertiary/aromatic N) is 3. The minimum absolute atomic E-state index is 0.0613. The van der Waals surface area contributed by atoms with Crippen LogP contribution in [0.4, 0.5) is 0 Å². The van der Waals surface area contributed by atoms with Crippen LogP contribution < -0.4 is 0 Å². The molecule has 2 aromatic rings. The van der Waals surface area contributed by atoms with Crippen molar-refractivity contribution < 1.29 is 5.11 Å². The Balaban J connectivity index is 2.07. The molecule has 0 aliphatic rings. The van der Waals surface area contributed by atoms with Crippen LogP contribution in [0.25, 0.3) is 0 Å². The maximum Gasteiger partial charge on any atom is 0.0977 e. The highest BCUT2D eigenvalue weighted by Crippen LogP contribution is 2.27. The Kier molecular flexibility index (Phi) is 3.56. The van der Waals surface area contributed by atoms with Crippen molar-refractivity contribution in [1.82, 2.24) is 14.6 Å². The molecule has 0 saturated carbocycles. The lowest BCUT2D eigenvalue weighted by atomic mass is 9.93. The van der Waals surface area contributed by atoms with E-state index in [1.54, 1.807) is 17.5 Å². The summed E-state index contributed by atoms with van der Waals surface area (Å²) in [6, 6.07) is 0. The van der Waals surface area contributed by atoms with Crippen LogP contribution >= 0.6 is 22.9 Å². The Hall–Kier alpha value is -0.850. The van der Waals surface area contributed by atoms with Crippen LogP contribution in [-0.4, -0.2) is 19.7 Å². The van der Waals surface area contributed by atoms with Crippen LogP contribution in [0, 0.1) is 0 Å².